The van der Waals surface area contributed by atoms with Crippen molar-refractivity contribution < 1.29 is 4.74 Å². The lowest BCUT2D eigenvalue weighted by molar-refractivity contribution is 0.0783. The van der Waals surface area contributed by atoms with Crippen molar-refractivity contribution in [3.05, 3.63) is 65.4 Å². The Labute approximate surface area is 173 Å². The van der Waals surface area contributed by atoms with Crippen molar-refractivity contribution in [2.75, 3.05) is 26.7 Å². The number of nitrogens with zero attached hydrogens (tertiary/aromatic N) is 1. The predicted octanol–water partition coefficient (Wildman–Crippen LogP) is 4.95. The van der Waals surface area contributed by atoms with Crippen LogP contribution in [0.5, 0.6) is 5.75 Å². The Morgan fingerprint density at radius 2 is 2.03 bits per heavy atom. The van der Waals surface area contributed by atoms with Crippen LogP contribution in [-0.4, -0.2) is 36.6 Å². The monoisotopic (exact) mass is 386 g/mol. The van der Waals surface area contributed by atoms with E-state index in [1.54, 1.807) is 12.7 Å². The van der Waals surface area contributed by atoms with E-state index in [1.165, 1.54) is 67.5 Å². The maximum absolute atomic E-state index is 5.60. The number of aromatic nitrogens is 1. The molecule has 1 N–H and O–H groups in total. The molecule has 0 amide bonds. The van der Waals surface area contributed by atoms with Gasteiger partial charge in [0, 0.05) is 35.1 Å². The first-order chi connectivity index (χ1) is 14.2. The Hall–Kier alpha value is -2.26. The number of rotatable bonds is 4. The minimum absolute atomic E-state index is 0.211. The van der Waals surface area contributed by atoms with Gasteiger partial charge < -0.3 is 14.6 Å². The average Bonchev–Trinajstić information content (AvgIpc) is 3.51. The van der Waals surface area contributed by atoms with Gasteiger partial charge in [0.15, 0.2) is 0 Å². The van der Waals surface area contributed by atoms with E-state index in [2.05, 4.69) is 58.4 Å². The summed E-state index contributed by atoms with van der Waals surface area (Å²) in [7, 11) is 1.78. The Bertz CT molecular complexity index is 1050. The summed E-state index contributed by atoms with van der Waals surface area (Å²) < 4.78 is 5.60. The number of para-hydroxylation sites is 1. The summed E-state index contributed by atoms with van der Waals surface area (Å²) in [6.07, 6.45) is 6.42. The second kappa shape index (κ2) is 6.63. The summed E-state index contributed by atoms with van der Waals surface area (Å²) in [4.78, 5) is 6.55. The molecule has 1 aliphatic heterocycles. The third kappa shape index (κ3) is 2.90. The number of ether oxygens (including phenoxy) is 1. The number of nitrogens with one attached hydrogen (secondary N) is 1. The van der Waals surface area contributed by atoms with Crippen molar-refractivity contribution in [2.45, 2.75) is 37.5 Å². The normalized spacial score (nSPS) is 26.9. The Balaban J connectivity index is 1.44. The highest BCUT2D eigenvalue weighted by molar-refractivity contribution is 5.85. The Kier molecular flexibility index (Phi) is 4.02. The molecule has 3 aliphatic rings. The van der Waals surface area contributed by atoms with Gasteiger partial charge in [0.25, 0.3) is 0 Å². The van der Waals surface area contributed by atoms with E-state index in [-0.39, 0.29) is 5.41 Å². The molecule has 3 aromatic rings. The van der Waals surface area contributed by atoms with Crippen LogP contribution in [0.25, 0.3) is 10.9 Å². The summed E-state index contributed by atoms with van der Waals surface area (Å²) in [5, 5.41) is 1.43. The molecule has 29 heavy (non-hydrogen) atoms. The molecule has 1 saturated carbocycles. The lowest BCUT2D eigenvalue weighted by Crippen LogP contribution is -2.54. The minimum Gasteiger partial charge on any atom is -0.497 e. The van der Waals surface area contributed by atoms with Crippen LogP contribution in [0.3, 0.4) is 0 Å². The summed E-state index contributed by atoms with van der Waals surface area (Å²) in [5.74, 6) is 2.61. The number of hydrogen-bond donors (Lipinski definition) is 1. The number of hydrogen-bond acceptors (Lipinski definition) is 2. The second-order valence-electron chi connectivity index (χ2n) is 9.55. The summed E-state index contributed by atoms with van der Waals surface area (Å²) >= 11 is 0. The fourth-order valence-corrected chi connectivity index (χ4v) is 6.08. The van der Waals surface area contributed by atoms with Crippen LogP contribution >= 0.6 is 0 Å². The third-order valence-corrected chi connectivity index (χ3v) is 7.84. The van der Waals surface area contributed by atoms with E-state index >= 15 is 0 Å². The molecule has 0 radical (unpaired) electrons. The Morgan fingerprint density at radius 3 is 2.90 bits per heavy atom. The predicted molar refractivity (Wildman–Crippen MR) is 118 cm³/mol. The van der Waals surface area contributed by atoms with Crippen LogP contribution in [0, 0.1) is 11.8 Å². The summed E-state index contributed by atoms with van der Waals surface area (Å²) in [6, 6.07) is 17.8. The van der Waals surface area contributed by atoms with Crippen LogP contribution in [0.1, 0.15) is 36.1 Å². The molecule has 3 nitrogen and oxygen atoms in total. The number of H-pyrrole nitrogens is 1. The standard InChI is InChI=1S/C26H30N2O/c1-29-21-6-4-5-19(13-21)26-11-12-28(16-18-9-10-18)17-20(26)14-23-22-7-2-3-8-24(22)27-25(23)15-26/h2-8,13,18,20,27H,9-12,14-17H2,1H3/t20?,26-/m1/s1. The van der Waals surface area contributed by atoms with Gasteiger partial charge in [-0.05, 0) is 79.8 Å². The van der Waals surface area contributed by atoms with Crippen molar-refractivity contribution in [3.63, 3.8) is 0 Å². The number of likely N-dealkylation sites (tertiary alicyclic amines) is 1. The molecular weight excluding hydrogens is 356 g/mol. The molecule has 2 aliphatic carbocycles. The first-order valence-corrected chi connectivity index (χ1v) is 11.2. The van der Waals surface area contributed by atoms with E-state index < -0.39 is 0 Å². The van der Waals surface area contributed by atoms with Gasteiger partial charge in [-0.3, -0.25) is 0 Å². The Morgan fingerprint density at radius 1 is 1.14 bits per heavy atom. The molecule has 2 atom stereocenters. The second-order valence-corrected chi connectivity index (χ2v) is 9.55. The molecule has 1 saturated heterocycles. The quantitative estimate of drug-likeness (QED) is 0.687. The molecule has 2 heterocycles. The number of aromatic amines is 1. The van der Waals surface area contributed by atoms with Gasteiger partial charge in [0.05, 0.1) is 7.11 Å². The van der Waals surface area contributed by atoms with Crippen LogP contribution in [0.2, 0.25) is 0 Å². The fourth-order valence-electron chi connectivity index (χ4n) is 6.08. The minimum atomic E-state index is 0.211. The number of piperidine rings is 1. The molecule has 150 valence electrons. The first kappa shape index (κ1) is 17.6. The highest BCUT2D eigenvalue weighted by atomic mass is 16.5. The van der Waals surface area contributed by atoms with Crippen LogP contribution in [-0.2, 0) is 18.3 Å². The lowest BCUT2D eigenvalue weighted by atomic mass is 9.58. The van der Waals surface area contributed by atoms with Gasteiger partial charge >= 0.3 is 0 Å². The number of fused-ring (bicyclic) bond motifs is 4. The molecule has 2 fully saturated rings. The maximum atomic E-state index is 5.60. The fraction of sp³-hybridized carbons (Fsp3) is 0.462. The van der Waals surface area contributed by atoms with Gasteiger partial charge in [-0.2, -0.15) is 0 Å². The first-order valence-electron chi connectivity index (χ1n) is 11.2. The number of methoxy groups -OCH3 is 1. The largest absolute Gasteiger partial charge is 0.497 e. The highest BCUT2D eigenvalue weighted by Crippen LogP contribution is 2.50. The average molecular weight is 387 g/mol. The zero-order chi connectivity index (χ0) is 19.4. The van der Waals surface area contributed by atoms with Crippen molar-refractivity contribution in [1.29, 1.82) is 0 Å². The smallest absolute Gasteiger partial charge is 0.119 e. The molecule has 2 aromatic carbocycles. The third-order valence-electron chi connectivity index (χ3n) is 7.84. The molecule has 1 unspecified atom stereocenters. The van der Waals surface area contributed by atoms with Crippen molar-refractivity contribution in [2.24, 2.45) is 11.8 Å². The van der Waals surface area contributed by atoms with Gasteiger partial charge in [-0.15, -0.1) is 0 Å². The molecule has 0 bridgehead atoms. The van der Waals surface area contributed by atoms with Crippen LogP contribution in [0.15, 0.2) is 48.5 Å². The SMILES string of the molecule is COc1cccc([C@]23CCN(CC4CC4)CC2Cc2c([nH]c4ccccc24)C3)c1. The molecular formula is C26H30N2O. The van der Waals surface area contributed by atoms with E-state index in [4.69, 9.17) is 4.74 Å². The van der Waals surface area contributed by atoms with Gasteiger partial charge in [0.2, 0.25) is 0 Å². The van der Waals surface area contributed by atoms with Crippen molar-refractivity contribution >= 4 is 10.9 Å². The van der Waals surface area contributed by atoms with Gasteiger partial charge in [0.1, 0.15) is 5.75 Å². The molecule has 0 spiro atoms. The van der Waals surface area contributed by atoms with E-state index in [0.29, 0.717) is 5.92 Å². The topological polar surface area (TPSA) is 28.3 Å². The lowest BCUT2D eigenvalue weighted by Gasteiger charge is -2.51. The summed E-state index contributed by atoms with van der Waals surface area (Å²) in [6.45, 7) is 3.76. The number of benzene rings is 2. The van der Waals surface area contributed by atoms with Crippen LogP contribution in [0.4, 0.5) is 0 Å². The highest BCUT2D eigenvalue weighted by Gasteiger charge is 2.48. The van der Waals surface area contributed by atoms with Gasteiger partial charge in [-0.1, -0.05) is 30.3 Å². The maximum Gasteiger partial charge on any atom is 0.119 e. The molecule has 1 aromatic heterocycles. The molecule has 6 rings (SSSR count). The van der Waals surface area contributed by atoms with Crippen molar-refractivity contribution in [1.82, 2.24) is 9.88 Å². The van der Waals surface area contributed by atoms with Crippen LogP contribution < -0.4 is 4.74 Å². The zero-order valence-corrected chi connectivity index (χ0v) is 17.3. The van der Waals surface area contributed by atoms with Crippen molar-refractivity contribution in [3.8, 4) is 5.75 Å². The van der Waals surface area contributed by atoms with Gasteiger partial charge in [-0.25, -0.2) is 0 Å². The molecule has 3 heteroatoms. The van der Waals surface area contributed by atoms with E-state index in [1.807, 2.05) is 0 Å². The van der Waals surface area contributed by atoms with E-state index in [9.17, 15) is 0 Å². The zero-order valence-electron chi connectivity index (χ0n) is 17.3. The van der Waals surface area contributed by atoms with E-state index in [0.717, 1.165) is 18.1 Å². The summed E-state index contributed by atoms with van der Waals surface area (Å²) in [5.41, 5.74) is 6.00.